The average Bonchev–Trinajstić information content (AvgIpc) is 2.29. The smallest absolute Gasteiger partial charge is 0.0426 e. The molecule has 0 fully saturated rings. The van der Waals surface area contributed by atoms with Gasteiger partial charge in [-0.05, 0) is 18.4 Å². The van der Waals surface area contributed by atoms with Gasteiger partial charge in [-0.25, -0.2) is 0 Å². The van der Waals surface area contributed by atoms with Crippen LogP contribution in [0.5, 0.6) is 0 Å². The molecule has 1 unspecified atom stereocenters. The van der Waals surface area contributed by atoms with Crippen LogP contribution in [-0.2, 0) is 0 Å². The maximum absolute atomic E-state index is 4.45. The van der Waals surface area contributed by atoms with Crippen molar-refractivity contribution in [1.82, 2.24) is 0 Å². The van der Waals surface area contributed by atoms with Crippen LogP contribution in [0.25, 0.3) is 0 Å². The lowest BCUT2D eigenvalue weighted by Crippen LogP contribution is -2.13. The van der Waals surface area contributed by atoms with Gasteiger partial charge in [0, 0.05) is 18.2 Å². The van der Waals surface area contributed by atoms with Gasteiger partial charge in [-0.15, -0.1) is 0 Å². The van der Waals surface area contributed by atoms with E-state index in [1.807, 2.05) is 6.08 Å². The van der Waals surface area contributed by atoms with E-state index in [4.69, 9.17) is 0 Å². The number of aliphatic imine (C=N–C) groups is 1. The maximum Gasteiger partial charge on any atom is 0.0426 e. The summed E-state index contributed by atoms with van der Waals surface area (Å²) in [6, 6.07) is 0. The van der Waals surface area contributed by atoms with E-state index >= 15 is 0 Å². The second-order valence-corrected chi connectivity index (χ2v) is 3.95. The molecule has 14 heavy (non-hydrogen) atoms. The first-order valence-corrected chi connectivity index (χ1v) is 5.22. The lowest BCUT2D eigenvalue weighted by Gasteiger charge is -2.17. The maximum atomic E-state index is 4.45. The Morgan fingerprint density at radius 2 is 2.43 bits per heavy atom. The molecule has 0 aromatic carbocycles. The Kier molecular flexibility index (Phi) is 3.87. The van der Waals surface area contributed by atoms with Crippen LogP contribution in [0, 0.1) is 5.41 Å². The van der Waals surface area contributed by atoms with E-state index in [2.05, 4.69) is 49.9 Å². The van der Waals surface area contributed by atoms with Gasteiger partial charge in [0.2, 0.25) is 0 Å². The standard InChI is InChI=1S/C13H19N/c1-4-12-7-6-9-13(3,5-2)11-14-10-8-12/h4,6-7,9,11H,1,5,8,10H2,2-3H3/b9-6-,12-7-,14-11-. The average molecular weight is 189 g/mol. The second-order valence-electron chi connectivity index (χ2n) is 3.95. The number of hydrogen-bond acceptors (Lipinski definition) is 1. The molecule has 0 aliphatic carbocycles. The van der Waals surface area contributed by atoms with Gasteiger partial charge >= 0.3 is 0 Å². The fourth-order valence-corrected chi connectivity index (χ4v) is 1.36. The molecule has 76 valence electrons. The minimum absolute atomic E-state index is 0.118. The summed E-state index contributed by atoms with van der Waals surface area (Å²) in [6.07, 6.45) is 12.5. The van der Waals surface area contributed by atoms with Crippen molar-refractivity contribution in [3.63, 3.8) is 0 Å². The van der Waals surface area contributed by atoms with Gasteiger partial charge in [-0.2, -0.15) is 0 Å². The summed E-state index contributed by atoms with van der Waals surface area (Å²) in [4.78, 5) is 4.45. The number of nitrogens with zero attached hydrogens (tertiary/aromatic N) is 1. The van der Waals surface area contributed by atoms with E-state index in [-0.39, 0.29) is 5.41 Å². The zero-order valence-electron chi connectivity index (χ0n) is 9.16. The van der Waals surface area contributed by atoms with Crippen molar-refractivity contribution in [3.05, 3.63) is 36.5 Å². The molecule has 0 aromatic rings. The van der Waals surface area contributed by atoms with Crippen LogP contribution in [0.1, 0.15) is 26.7 Å². The molecule has 0 bridgehead atoms. The monoisotopic (exact) mass is 189 g/mol. The Hall–Kier alpha value is -1.11. The highest BCUT2D eigenvalue weighted by atomic mass is 14.7. The Morgan fingerprint density at radius 3 is 3.07 bits per heavy atom. The molecule has 0 aromatic heterocycles. The molecule has 1 nitrogen and oxygen atoms in total. The van der Waals surface area contributed by atoms with Gasteiger partial charge in [0.1, 0.15) is 0 Å². The highest BCUT2D eigenvalue weighted by molar-refractivity contribution is 5.68. The molecular weight excluding hydrogens is 170 g/mol. The molecule has 0 saturated carbocycles. The van der Waals surface area contributed by atoms with Crippen molar-refractivity contribution in [2.24, 2.45) is 10.4 Å². The minimum atomic E-state index is 0.118. The number of allylic oxidation sites excluding steroid dienone is 4. The SMILES string of the molecule is C=C/C1=C/C=C\C(C)(CC)/C=N\CC1. The molecule has 0 amide bonds. The van der Waals surface area contributed by atoms with Crippen LogP contribution in [0.15, 0.2) is 41.4 Å². The predicted octanol–water partition coefficient (Wildman–Crippen LogP) is 3.55. The van der Waals surface area contributed by atoms with Crippen molar-refractivity contribution >= 4 is 6.21 Å². The van der Waals surface area contributed by atoms with Crippen LogP contribution >= 0.6 is 0 Å². The summed E-state index contributed by atoms with van der Waals surface area (Å²) >= 11 is 0. The van der Waals surface area contributed by atoms with Crippen molar-refractivity contribution in [3.8, 4) is 0 Å². The lowest BCUT2D eigenvalue weighted by atomic mass is 9.88. The van der Waals surface area contributed by atoms with E-state index in [1.165, 1.54) is 5.57 Å². The summed E-state index contributed by atoms with van der Waals surface area (Å²) in [5.74, 6) is 0. The van der Waals surface area contributed by atoms with Crippen molar-refractivity contribution < 1.29 is 0 Å². The molecule has 0 N–H and O–H groups in total. The second kappa shape index (κ2) is 4.94. The van der Waals surface area contributed by atoms with Crippen LogP contribution in [0.2, 0.25) is 0 Å². The topological polar surface area (TPSA) is 12.4 Å². The lowest BCUT2D eigenvalue weighted by molar-refractivity contribution is 0.584. The van der Waals surface area contributed by atoms with Gasteiger partial charge in [-0.3, -0.25) is 4.99 Å². The molecule has 1 atom stereocenters. The van der Waals surface area contributed by atoms with Gasteiger partial charge in [-0.1, -0.05) is 44.7 Å². The quantitative estimate of drug-likeness (QED) is 0.630. The molecule has 1 aliphatic rings. The molecular formula is C13H19N. The number of rotatable bonds is 2. The van der Waals surface area contributed by atoms with Crippen molar-refractivity contribution in [2.45, 2.75) is 26.7 Å². The van der Waals surface area contributed by atoms with E-state index < -0.39 is 0 Å². The first kappa shape index (κ1) is 11.0. The third-order valence-electron chi connectivity index (χ3n) is 2.73. The Morgan fingerprint density at radius 1 is 1.64 bits per heavy atom. The normalized spacial score (nSPS) is 35.7. The van der Waals surface area contributed by atoms with Gasteiger partial charge in [0.15, 0.2) is 0 Å². The van der Waals surface area contributed by atoms with Crippen LogP contribution in [-0.4, -0.2) is 12.8 Å². The molecule has 1 rings (SSSR count). The minimum Gasteiger partial charge on any atom is -0.296 e. The zero-order chi connectivity index (χ0) is 10.4. The first-order valence-electron chi connectivity index (χ1n) is 5.22. The zero-order valence-corrected chi connectivity index (χ0v) is 9.16. The predicted molar refractivity (Wildman–Crippen MR) is 63.8 cm³/mol. The Bertz CT molecular complexity index is 284. The fourth-order valence-electron chi connectivity index (χ4n) is 1.36. The largest absolute Gasteiger partial charge is 0.296 e. The highest BCUT2D eigenvalue weighted by Gasteiger charge is 2.14. The van der Waals surface area contributed by atoms with Gasteiger partial charge in [0.25, 0.3) is 0 Å². The number of hydrogen-bond donors (Lipinski definition) is 0. The summed E-state index contributed by atoms with van der Waals surface area (Å²) in [5, 5.41) is 0. The summed E-state index contributed by atoms with van der Waals surface area (Å²) in [5.41, 5.74) is 1.38. The van der Waals surface area contributed by atoms with Gasteiger partial charge in [0.05, 0.1) is 0 Å². The summed E-state index contributed by atoms with van der Waals surface area (Å²) in [7, 11) is 0. The van der Waals surface area contributed by atoms with E-state index in [0.29, 0.717) is 0 Å². The molecule has 0 spiro atoms. The molecule has 1 heterocycles. The summed E-state index contributed by atoms with van der Waals surface area (Å²) in [6.45, 7) is 9.05. The van der Waals surface area contributed by atoms with E-state index in [1.54, 1.807) is 0 Å². The van der Waals surface area contributed by atoms with Crippen LogP contribution in [0.3, 0.4) is 0 Å². The molecule has 0 saturated heterocycles. The Balaban J connectivity index is 2.87. The third kappa shape index (κ3) is 2.99. The molecule has 1 heteroatoms. The van der Waals surface area contributed by atoms with Crippen LogP contribution < -0.4 is 0 Å². The van der Waals surface area contributed by atoms with E-state index in [9.17, 15) is 0 Å². The molecule has 0 radical (unpaired) electrons. The summed E-state index contributed by atoms with van der Waals surface area (Å²) < 4.78 is 0. The third-order valence-corrected chi connectivity index (χ3v) is 2.73. The fraction of sp³-hybridized carbons (Fsp3) is 0.462. The van der Waals surface area contributed by atoms with Crippen molar-refractivity contribution in [1.29, 1.82) is 0 Å². The van der Waals surface area contributed by atoms with E-state index in [0.717, 1.165) is 19.4 Å². The Labute approximate surface area is 86.9 Å². The molecule has 1 aliphatic heterocycles. The first-order chi connectivity index (χ1) is 6.70. The van der Waals surface area contributed by atoms with Crippen LogP contribution in [0.4, 0.5) is 0 Å². The van der Waals surface area contributed by atoms with Gasteiger partial charge < -0.3 is 0 Å². The van der Waals surface area contributed by atoms with Crippen molar-refractivity contribution in [2.75, 3.05) is 6.54 Å². The highest BCUT2D eigenvalue weighted by Crippen LogP contribution is 2.21.